The lowest BCUT2D eigenvalue weighted by Crippen LogP contribution is -2.48. The first kappa shape index (κ1) is 14.3. The quantitative estimate of drug-likeness (QED) is 0.671. The molecule has 1 rings (SSSR count). The predicted octanol–water partition coefficient (Wildman–Crippen LogP) is 2.52. The van der Waals surface area contributed by atoms with Gasteiger partial charge in [0.25, 0.3) is 0 Å². The number of carbonyl (C=O) groups excluding carboxylic acids is 1. The van der Waals surface area contributed by atoms with E-state index in [0.717, 1.165) is 0 Å². The first-order chi connectivity index (χ1) is 8.32. The van der Waals surface area contributed by atoms with Crippen molar-refractivity contribution in [3.63, 3.8) is 0 Å². The van der Waals surface area contributed by atoms with E-state index < -0.39 is 18.3 Å². The van der Waals surface area contributed by atoms with E-state index in [1.165, 1.54) is 25.1 Å². The Morgan fingerprint density at radius 2 is 1.94 bits per heavy atom. The number of para-hydroxylation sites is 2. The van der Waals surface area contributed by atoms with Crippen molar-refractivity contribution >= 4 is 17.3 Å². The first-order valence-electron chi connectivity index (χ1n) is 5.14. The standard InChI is InChI=1S/C11H12F4N2O/c1-2-17(8-6-4-3-5-7(8)16)10(18)11(14,15)9(12)13/h3-6,9H,2,16H2,1H3. The van der Waals surface area contributed by atoms with Gasteiger partial charge >= 0.3 is 18.3 Å². The lowest BCUT2D eigenvalue weighted by molar-refractivity contribution is -0.166. The number of hydrogen-bond donors (Lipinski definition) is 1. The molecule has 0 saturated heterocycles. The summed E-state index contributed by atoms with van der Waals surface area (Å²) in [6.07, 6.45) is -4.05. The Morgan fingerprint density at radius 3 is 2.39 bits per heavy atom. The molecule has 0 spiro atoms. The third kappa shape index (κ3) is 2.55. The molecule has 100 valence electrons. The Labute approximate surface area is 101 Å². The van der Waals surface area contributed by atoms with Crippen molar-refractivity contribution in [2.45, 2.75) is 19.3 Å². The van der Waals surface area contributed by atoms with E-state index in [2.05, 4.69) is 0 Å². The molecular weight excluding hydrogens is 252 g/mol. The minimum Gasteiger partial charge on any atom is -0.397 e. The Hall–Kier alpha value is -1.79. The highest BCUT2D eigenvalue weighted by atomic mass is 19.3. The Balaban J connectivity index is 3.13. The summed E-state index contributed by atoms with van der Waals surface area (Å²) in [5, 5.41) is 0. The SMILES string of the molecule is CCN(C(=O)C(F)(F)C(F)F)c1ccccc1N. The monoisotopic (exact) mass is 264 g/mol. The van der Waals surface area contributed by atoms with Gasteiger partial charge < -0.3 is 10.6 Å². The summed E-state index contributed by atoms with van der Waals surface area (Å²) >= 11 is 0. The largest absolute Gasteiger partial charge is 0.397 e. The second-order valence-corrected chi connectivity index (χ2v) is 3.53. The van der Waals surface area contributed by atoms with Crippen molar-refractivity contribution < 1.29 is 22.4 Å². The number of benzene rings is 1. The molecule has 0 radical (unpaired) electrons. The molecule has 0 heterocycles. The molecule has 1 amide bonds. The molecule has 1 aromatic carbocycles. The van der Waals surface area contributed by atoms with E-state index >= 15 is 0 Å². The second kappa shape index (κ2) is 5.24. The number of alkyl halides is 4. The van der Waals surface area contributed by atoms with Crippen LogP contribution in [0.5, 0.6) is 0 Å². The van der Waals surface area contributed by atoms with Gasteiger partial charge in [-0.25, -0.2) is 8.78 Å². The molecule has 0 atom stereocenters. The zero-order valence-electron chi connectivity index (χ0n) is 9.54. The molecular formula is C11H12F4N2O. The van der Waals surface area contributed by atoms with Gasteiger partial charge in [0.15, 0.2) is 0 Å². The third-order valence-corrected chi connectivity index (χ3v) is 2.35. The average molecular weight is 264 g/mol. The van der Waals surface area contributed by atoms with E-state index in [-0.39, 0.29) is 17.9 Å². The van der Waals surface area contributed by atoms with Crippen LogP contribution in [0.2, 0.25) is 0 Å². The smallest absolute Gasteiger partial charge is 0.384 e. The lowest BCUT2D eigenvalue weighted by atomic mass is 10.2. The van der Waals surface area contributed by atoms with Crippen molar-refractivity contribution in [2.24, 2.45) is 0 Å². The molecule has 0 bridgehead atoms. The number of anilines is 2. The van der Waals surface area contributed by atoms with Crippen LogP contribution < -0.4 is 10.6 Å². The summed E-state index contributed by atoms with van der Waals surface area (Å²) < 4.78 is 50.3. The highest BCUT2D eigenvalue weighted by Gasteiger charge is 2.51. The number of amides is 1. The van der Waals surface area contributed by atoms with Gasteiger partial charge in [0.05, 0.1) is 11.4 Å². The number of nitrogen functional groups attached to an aromatic ring is 1. The third-order valence-electron chi connectivity index (χ3n) is 2.35. The van der Waals surface area contributed by atoms with Gasteiger partial charge in [0, 0.05) is 6.54 Å². The van der Waals surface area contributed by atoms with Crippen LogP contribution in [0.1, 0.15) is 6.92 Å². The Kier molecular flexibility index (Phi) is 4.15. The van der Waals surface area contributed by atoms with Crippen LogP contribution in [0.4, 0.5) is 28.9 Å². The van der Waals surface area contributed by atoms with E-state index in [4.69, 9.17) is 5.73 Å². The molecule has 0 fully saturated rings. The fraction of sp³-hybridized carbons (Fsp3) is 0.364. The normalized spacial score (nSPS) is 11.7. The maximum absolute atomic E-state index is 13.0. The van der Waals surface area contributed by atoms with Crippen LogP contribution in [-0.4, -0.2) is 24.8 Å². The maximum Gasteiger partial charge on any atom is 0.384 e. The zero-order chi connectivity index (χ0) is 13.9. The summed E-state index contributed by atoms with van der Waals surface area (Å²) in [4.78, 5) is 12.0. The molecule has 1 aromatic rings. The number of nitrogens with zero attached hydrogens (tertiary/aromatic N) is 1. The van der Waals surface area contributed by atoms with E-state index in [9.17, 15) is 22.4 Å². The minimum atomic E-state index is -4.72. The topological polar surface area (TPSA) is 46.3 Å². The van der Waals surface area contributed by atoms with Crippen LogP contribution in [0.15, 0.2) is 24.3 Å². The fourth-order valence-electron chi connectivity index (χ4n) is 1.43. The summed E-state index contributed by atoms with van der Waals surface area (Å²) in [6.45, 7) is 1.21. The van der Waals surface area contributed by atoms with Gasteiger partial charge in [-0.05, 0) is 19.1 Å². The number of rotatable bonds is 4. The molecule has 7 heteroatoms. The van der Waals surface area contributed by atoms with Gasteiger partial charge in [0.2, 0.25) is 0 Å². The van der Waals surface area contributed by atoms with Crippen molar-refractivity contribution in [1.82, 2.24) is 0 Å². The molecule has 0 aromatic heterocycles. The summed E-state index contributed by atoms with van der Waals surface area (Å²) in [5.41, 5.74) is 5.59. The Bertz CT molecular complexity index is 437. The fourth-order valence-corrected chi connectivity index (χ4v) is 1.43. The summed E-state index contributed by atoms with van der Waals surface area (Å²) in [6, 6.07) is 5.73. The first-order valence-corrected chi connectivity index (χ1v) is 5.14. The highest BCUT2D eigenvalue weighted by Crippen LogP contribution is 2.30. The van der Waals surface area contributed by atoms with Gasteiger partial charge in [-0.15, -0.1) is 0 Å². The number of carbonyl (C=O) groups is 1. The number of halogens is 4. The maximum atomic E-state index is 13.0. The van der Waals surface area contributed by atoms with Crippen molar-refractivity contribution in [3.05, 3.63) is 24.3 Å². The van der Waals surface area contributed by atoms with Crippen molar-refractivity contribution in [2.75, 3.05) is 17.2 Å². The van der Waals surface area contributed by atoms with Crippen LogP contribution in [0.25, 0.3) is 0 Å². The second-order valence-electron chi connectivity index (χ2n) is 3.53. The molecule has 3 nitrogen and oxygen atoms in total. The van der Waals surface area contributed by atoms with Crippen LogP contribution in [0.3, 0.4) is 0 Å². The summed E-state index contributed by atoms with van der Waals surface area (Å²) in [7, 11) is 0. The minimum absolute atomic E-state index is 0.00896. The van der Waals surface area contributed by atoms with E-state index in [0.29, 0.717) is 4.90 Å². The van der Waals surface area contributed by atoms with Crippen molar-refractivity contribution in [3.8, 4) is 0 Å². The molecule has 2 N–H and O–H groups in total. The molecule has 18 heavy (non-hydrogen) atoms. The number of nitrogens with two attached hydrogens (primary N) is 1. The van der Waals surface area contributed by atoms with Gasteiger partial charge in [-0.1, -0.05) is 12.1 Å². The summed E-state index contributed by atoms with van der Waals surface area (Å²) in [5.74, 6) is -6.68. The highest BCUT2D eigenvalue weighted by molar-refractivity contribution is 6.00. The van der Waals surface area contributed by atoms with Crippen LogP contribution >= 0.6 is 0 Å². The van der Waals surface area contributed by atoms with E-state index in [1.54, 1.807) is 6.07 Å². The van der Waals surface area contributed by atoms with Gasteiger partial charge in [0.1, 0.15) is 0 Å². The zero-order valence-corrected chi connectivity index (χ0v) is 9.54. The molecule has 0 aliphatic carbocycles. The van der Waals surface area contributed by atoms with Crippen LogP contribution in [-0.2, 0) is 4.79 Å². The molecule has 0 aliphatic rings. The van der Waals surface area contributed by atoms with E-state index in [1.807, 2.05) is 0 Å². The molecule has 0 saturated carbocycles. The number of hydrogen-bond acceptors (Lipinski definition) is 2. The van der Waals surface area contributed by atoms with Crippen molar-refractivity contribution in [1.29, 1.82) is 0 Å². The Morgan fingerprint density at radius 1 is 1.39 bits per heavy atom. The molecule has 0 unspecified atom stereocenters. The van der Waals surface area contributed by atoms with Crippen LogP contribution in [0, 0.1) is 0 Å². The lowest BCUT2D eigenvalue weighted by Gasteiger charge is -2.26. The van der Waals surface area contributed by atoms with Gasteiger partial charge in [-0.3, -0.25) is 4.79 Å². The molecule has 0 aliphatic heterocycles. The van der Waals surface area contributed by atoms with Gasteiger partial charge in [-0.2, -0.15) is 8.78 Å². The average Bonchev–Trinajstić information content (AvgIpc) is 2.32. The predicted molar refractivity (Wildman–Crippen MR) is 59.8 cm³/mol.